The van der Waals surface area contributed by atoms with Gasteiger partial charge in [-0.25, -0.2) is 0 Å². The zero-order valence-corrected chi connectivity index (χ0v) is 11.2. The molecule has 1 atom stereocenters. The minimum atomic E-state index is 0.723. The summed E-state index contributed by atoms with van der Waals surface area (Å²) in [6.07, 6.45) is 2.74. The molecule has 1 aromatic rings. The highest BCUT2D eigenvalue weighted by Gasteiger charge is 2.20. The lowest BCUT2D eigenvalue weighted by molar-refractivity contribution is 0.557. The van der Waals surface area contributed by atoms with E-state index in [-0.39, 0.29) is 0 Å². The fourth-order valence-electron chi connectivity index (χ4n) is 1.48. The van der Waals surface area contributed by atoms with E-state index in [1.165, 1.54) is 23.5 Å². The Labute approximate surface area is 107 Å². The second kappa shape index (κ2) is 5.95. The molecule has 0 amide bonds. The van der Waals surface area contributed by atoms with Crippen molar-refractivity contribution in [1.82, 2.24) is 5.32 Å². The van der Waals surface area contributed by atoms with Gasteiger partial charge in [0, 0.05) is 21.7 Å². The average molecular weight is 256 g/mol. The van der Waals surface area contributed by atoms with Gasteiger partial charge < -0.3 is 5.32 Å². The van der Waals surface area contributed by atoms with Crippen LogP contribution in [0, 0.1) is 5.92 Å². The maximum absolute atomic E-state index is 5.85. The van der Waals surface area contributed by atoms with E-state index >= 15 is 0 Å². The Morgan fingerprint density at radius 1 is 1.38 bits per heavy atom. The fraction of sp³-hybridized carbons (Fsp3) is 0.538. The largest absolute Gasteiger partial charge is 0.314 e. The summed E-state index contributed by atoms with van der Waals surface area (Å²) in [6.45, 7) is 3.45. The smallest absolute Gasteiger partial charge is 0.0406 e. The third-order valence-corrected chi connectivity index (χ3v) is 4.27. The topological polar surface area (TPSA) is 12.0 Å². The van der Waals surface area contributed by atoms with Crippen LogP contribution in [0.1, 0.15) is 19.8 Å². The first-order valence-corrected chi connectivity index (χ1v) is 7.22. The predicted molar refractivity (Wildman–Crippen MR) is 72.4 cm³/mol. The molecule has 0 aromatic heterocycles. The third kappa shape index (κ3) is 4.36. The average Bonchev–Trinajstić information content (AvgIpc) is 3.09. The number of halogens is 1. The molecule has 1 unspecified atom stereocenters. The Hall–Kier alpha value is -0.180. The Morgan fingerprint density at radius 2 is 2.06 bits per heavy atom. The zero-order valence-electron chi connectivity index (χ0n) is 9.58. The highest BCUT2D eigenvalue weighted by Crippen LogP contribution is 2.23. The molecule has 16 heavy (non-hydrogen) atoms. The molecule has 88 valence electrons. The first-order valence-electron chi connectivity index (χ1n) is 5.86. The van der Waals surface area contributed by atoms with Gasteiger partial charge in [0.1, 0.15) is 0 Å². The van der Waals surface area contributed by atoms with Crippen molar-refractivity contribution in [3.8, 4) is 0 Å². The van der Waals surface area contributed by atoms with Crippen LogP contribution in [0.5, 0.6) is 0 Å². The summed E-state index contributed by atoms with van der Waals surface area (Å²) in [7, 11) is 0. The second-order valence-electron chi connectivity index (χ2n) is 4.55. The molecule has 1 N–H and O–H groups in total. The van der Waals surface area contributed by atoms with Crippen molar-refractivity contribution in [2.45, 2.75) is 30.7 Å². The van der Waals surface area contributed by atoms with Gasteiger partial charge >= 0.3 is 0 Å². The van der Waals surface area contributed by atoms with Crippen molar-refractivity contribution in [3.05, 3.63) is 29.3 Å². The van der Waals surface area contributed by atoms with E-state index in [9.17, 15) is 0 Å². The first-order chi connectivity index (χ1) is 7.74. The van der Waals surface area contributed by atoms with Crippen LogP contribution in [0.4, 0.5) is 0 Å². The van der Waals surface area contributed by atoms with Crippen LogP contribution >= 0.6 is 23.4 Å². The Bertz CT molecular complexity index is 321. The molecule has 1 saturated carbocycles. The molecule has 1 nitrogen and oxygen atoms in total. The van der Waals surface area contributed by atoms with E-state index in [2.05, 4.69) is 24.4 Å². The van der Waals surface area contributed by atoms with Gasteiger partial charge in [-0.15, -0.1) is 11.8 Å². The Morgan fingerprint density at radius 3 is 2.69 bits per heavy atom. The number of hydrogen-bond acceptors (Lipinski definition) is 2. The summed E-state index contributed by atoms with van der Waals surface area (Å²) in [5, 5.41) is 4.38. The monoisotopic (exact) mass is 255 g/mol. The molecule has 0 bridgehead atoms. The van der Waals surface area contributed by atoms with Crippen molar-refractivity contribution in [2.24, 2.45) is 5.92 Å². The van der Waals surface area contributed by atoms with Crippen molar-refractivity contribution in [2.75, 3.05) is 12.3 Å². The molecule has 0 spiro atoms. The summed E-state index contributed by atoms with van der Waals surface area (Å²) in [4.78, 5) is 1.31. The maximum Gasteiger partial charge on any atom is 0.0406 e. The SMILES string of the molecule is CC(CNC1CC1)CSc1ccc(Cl)cc1. The minimum absolute atomic E-state index is 0.723. The van der Waals surface area contributed by atoms with Gasteiger partial charge in [0.2, 0.25) is 0 Å². The molecule has 0 aliphatic heterocycles. The number of rotatable bonds is 6. The van der Waals surface area contributed by atoms with Gasteiger partial charge in [-0.05, 0) is 49.6 Å². The molecular formula is C13H18ClNS. The normalized spacial score (nSPS) is 17.4. The summed E-state index contributed by atoms with van der Waals surface area (Å²) >= 11 is 7.76. The van der Waals surface area contributed by atoms with Gasteiger partial charge in [-0.1, -0.05) is 18.5 Å². The van der Waals surface area contributed by atoms with Crippen molar-refractivity contribution in [3.63, 3.8) is 0 Å². The van der Waals surface area contributed by atoms with Crippen LogP contribution in [0.2, 0.25) is 5.02 Å². The van der Waals surface area contributed by atoms with Crippen LogP contribution in [0.3, 0.4) is 0 Å². The molecule has 1 aromatic carbocycles. The summed E-state index contributed by atoms with van der Waals surface area (Å²) in [5.74, 6) is 1.89. The van der Waals surface area contributed by atoms with E-state index in [4.69, 9.17) is 11.6 Å². The molecule has 1 aliphatic rings. The van der Waals surface area contributed by atoms with Gasteiger partial charge in [-0.3, -0.25) is 0 Å². The van der Waals surface area contributed by atoms with E-state index in [1.807, 2.05) is 23.9 Å². The number of hydrogen-bond donors (Lipinski definition) is 1. The zero-order chi connectivity index (χ0) is 11.4. The van der Waals surface area contributed by atoms with E-state index < -0.39 is 0 Å². The number of thioether (sulfide) groups is 1. The molecular weight excluding hydrogens is 238 g/mol. The highest BCUT2D eigenvalue weighted by molar-refractivity contribution is 7.99. The standard InChI is InChI=1S/C13H18ClNS/c1-10(8-15-12-4-5-12)9-16-13-6-2-11(14)3-7-13/h2-3,6-7,10,12,15H,4-5,8-9H2,1H3. The fourth-order valence-corrected chi connectivity index (χ4v) is 2.53. The van der Waals surface area contributed by atoms with Crippen LogP contribution in [0.25, 0.3) is 0 Å². The molecule has 1 fully saturated rings. The van der Waals surface area contributed by atoms with Gasteiger partial charge in [-0.2, -0.15) is 0 Å². The highest BCUT2D eigenvalue weighted by atomic mass is 35.5. The third-order valence-electron chi connectivity index (χ3n) is 2.68. The first kappa shape index (κ1) is 12.3. The summed E-state index contributed by atoms with van der Waals surface area (Å²) in [6, 6.07) is 8.92. The van der Waals surface area contributed by atoms with Crippen molar-refractivity contribution < 1.29 is 0 Å². The van der Waals surface area contributed by atoms with E-state index in [0.29, 0.717) is 0 Å². The molecule has 0 saturated heterocycles. The minimum Gasteiger partial charge on any atom is -0.314 e. The predicted octanol–water partition coefficient (Wildman–Crippen LogP) is 3.82. The maximum atomic E-state index is 5.85. The number of benzene rings is 1. The van der Waals surface area contributed by atoms with Crippen molar-refractivity contribution >= 4 is 23.4 Å². The lowest BCUT2D eigenvalue weighted by atomic mass is 10.2. The van der Waals surface area contributed by atoms with Gasteiger partial charge in [0.15, 0.2) is 0 Å². The number of nitrogens with one attached hydrogen (secondary N) is 1. The van der Waals surface area contributed by atoms with E-state index in [0.717, 1.165) is 23.5 Å². The summed E-state index contributed by atoms with van der Waals surface area (Å²) < 4.78 is 0. The van der Waals surface area contributed by atoms with Crippen LogP contribution in [-0.4, -0.2) is 18.3 Å². The van der Waals surface area contributed by atoms with Crippen LogP contribution < -0.4 is 5.32 Å². The Kier molecular flexibility index (Phi) is 4.56. The van der Waals surface area contributed by atoms with Crippen LogP contribution in [0.15, 0.2) is 29.2 Å². The summed E-state index contributed by atoms with van der Waals surface area (Å²) in [5.41, 5.74) is 0. The van der Waals surface area contributed by atoms with Crippen molar-refractivity contribution in [1.29, 1.82) is 0 Å². The molecule has 0 heterocycles. The lowest BCUT2D eigenvalue weighted by Crippen LogP contribution is -2.24. The van der Waals surface area contributed by atoms with E-state index in [1.54, 1.807) is 0 Å². The quantitative estimate of drug-likeness (QED) is 0.776. The van der Waals surface area contributed by atoms with Gasteiger partial charge in [0.05, 0.1) is 0 Å². The molecule has 2 rings (SSSR count). The van der Waals surface area contributed by atoms with Gasteiger partial charge in [0.25, 0.3) is 0 Å². The molecule has 3 heteroatoms. The Balaban J connectivity index is 1.67. The second-order valence-corrected chi connectivity index (χ2v) is 6.08. The van der Waals surface area contributed by atoms with Crippen LogP contribution in [-0.2, 0) is 0 Å². The molecule has 1 aliphatic carbocycles. The lowest BCUT2D eigenvalue weighted by Gasteiger charge is -2.11. The molecule has 0 radical (unpaired) electrons.